The minimum absolute atomic E-state index is 0.0588. The largest absolute Gasteiger partial charge is 0.487 e. The average molecular weight is 318 g/mol. The van der Waals surface area contributed by atoms with Crippen molar-refractivity contribution in [2.45, 2.75) is 12.5 Å². The maximum Gasteiger partial charge on any atom is 0.250 e. The average Bonchev–Trinajstić information content (AvgIpc) is 3.06. The fraction of sp³-hybridized carbons (Fsp3) is 0.375. The van der Waals surface area contributed by atoms with E-state index in [0.717, 1.165) is 19.5 Å². The predicted molar refractivity (Wildman–Crippen MR) is 83.6 cm³/mol. The van der Waals surface area contributed by atoms with Gasteiger partial charge in [0, 0.05) is 32.4 Å². The number of aromatic nitrogens is 2. The molecule has 23 heavy (non-hydrogen) atoms. The van der Waals surface area contributed by atoms with Gasteiger partial charge in [0.2, 0.25) is 5.91 Å². The molecule has 2 N–H and O–H groups in total. The normalized spacial score (nSPS) is 18.3. The Morgan fingerprint density at radius 2 is 2.22 bits per heavy atom. The quantitative estimate of drug-likeness (QED) is 0.925. The van der Waals surface area contributed by atoms with Crippen LogP contribution in [0.25, 0.3) is 11.4 Å². The maximum atomic E-state index is 14.4. The van der Waals surface area contributed by atoms with Gasteiger partial charge in [-0.25, -0.2) is 9.37 Å². The first-order valence-corrected chi connectivity index (χ1v) is 7.41. The molecule has 1 amide bonds. The molecule has 3 rings (SSSR count). The van der Waals surface area contributed by atoms with Crippen molar-refractivity contribution in [1.82, 2.24) is 14.5 Å². The molecule has 3 heterocycles. The highest BCUT2D eigenvalue weighted by Crippen LogP contribution is 2.26. The number of primary amides is 1. The molecule has 122 valence electrons. The highest BCUT2D eigenvalue weighted by atomic mass is 19.1. The van der Waals surface area contributed by atoms with Crippen LogP contribution in [-0.4, -0.2) is 46.6 Å². The molecule has 1 saturated heterocycles. The summed E-state index contributed by atoms with van der Waals surface area (Å²) in [5, 5.41) is 0. The number of aryl methyl sites for hydroxylation is 1. The van der Waals surface area contributed by atoms with Crippen molar-refractivity contribution in [3.8, 4) is 17.1 Å². The molecule has 2 aromatic rings. The summed E-state index contributed by atoms with van der Waals surface area (Å²) in [5.41, 5.74) is 6.22. The summed E-state index contributed by atoms with van der Waals surface area (Å²) in [6.45, 7) is 1.79. The number of carbonyl (C=O) groups is 1. The zero-order valence-corrected chi connectivity index (χ0v) is 13.1. The summed E-state index contributed by atoms with van der Waals surface area (Å²) >= 11 is 0. The lowest BCUT2D eigenvalue weighted by Crippen LogP contribution is -2.21. The number of halogens is 1. The van der Waals surface area contributed by atoms with Crippen LogP contribution in [0, 0.1) is 5.82 Å². The van der Waals surface area contributed by atoms with E-state index in [1.54, 1.807) is 17.8 Å². The smallest absolute Gasteiger partial charge is 0.250 e. The Morgan fingerprint density at radius 1 is 1.43 bits per heavy atom. The van der Waals surface area contributed by atoms with Crippen molar-refractivity contribution < 1.29 is 13.9 Å². The van der Waals surface area contributed by atoms with Gasteiger partial charge in [0.05, 0.1) is 17.5 Å². The molecular formula is C16H19FN4O2. The lowest BCUT2D eigenvalue weighted by molar-refractivity contribution is 0.100. The summed E-state index contributed by atoms with van der Waals surface area (Å²) in [6.07, 6.45) is 4.04. The molecule has 0 saturated carbocycles. The van der Waals surface area contributed by atoms with Crippen molar-refractivity contribution in [2.75, 3.05) is 20.1 Å². The van der Waals surface area contributed by atoms with Crippen LogP contribution in [0.5, 0.6) is 5.75 Å². The number of nitrogens with zero attached hydrogens (tertiary/aromatic N) is 3. The number of rotatable bonds is 4. The van der Waals surface area contributed by atoms with Crippen LogP contribution in [0.4, 0.5) is 4.39 Å². The van der Waals surface area contributed by atoms with Crippen LogP contribution in [0.1, 0.15) is 16.8 Å². The number of nitrogens with two attached hydrogens (primary N) is 1. The summed E-state index contributed by atoms with van der Waals surface area (Å²) in [4.78, 5) is 17.5. The van der Waals surface area contributed by atoms with E-state index in [2.05, 4.69) is 9.88 Å². The van der Waals surface area contributed by atoms with Gasteiger partial charge in [-0.05, 0) is 19.5 Å². The number of hydrogen-bond acceptors (Lipinski definition) is 4. The van der Waals surface area contributed by atoms with Gasteiger partial charge in [-0.15, -0.1) is 0 Å². The number of carbonyl (C=O) groups excluding carboxylic acids is 1. The summed E-state index contributed by atoms with van der Waals surface area (Å²) in [7, 11) is 3.73. The first kappa shape index (κ1) is 15.5. The van der Waals surface area contributed by atoms with Gasteiger partial charge in [0.15, 0.2) is 5.82 Å². The van der Waals surface area contributed by atoms with Crippen molar-refractivity contribution in [3.05, 3.63) is 35.9 Å². The highest BCUT2D eigenvalue weighted by molar-refractivity contribution is 5.94. The zero-order valence-electron chi connectivity index (χ0n) is 13.1. The SMILES string of the molecule is CN1CCC(Oc2cnc(-c3cc(C(N)=O)cn3C)c(F)c2)C1. The van der Waals surface area contributed by atoms with Crippen LogP contribution in [-0.2, 0) is 7.05 Å². The number of amides is 1. The minimum Gasteiger partial charge on any atom is -0.487 e. The lowest BCUT2D eigenvalue weighted by Gasteiger charge is -2.14. The molecule has 6 nitrogen and oxygen atoms in total. The van der Waals surface area contributed by atoms with Gasteiger partial charge in [0.25, 0.3) is 0 Å². The fourth-order valence-corrected chi connectivity index (χ4v) is 2.79. The zero-order chi connectivity index (χ0) is 16.6. The van der Waals surface area contributed by atoms with E-state index in [-0.39, 0.29) is 11.8 Å². The molecule has 7 heteroatoms. The van der Waals surface area contributed by atoms with Crippen LogP contribution in [0.15, 0.2) is 24.5 Å². The van der Waals surface area contributed by atoms with E-state index in [1.807, 2.05) is 7.05 Å². The van der Waals surface area contributed by atoms with Crippen molar-refractivity contribution >= 4 is 5.91 Å². The van der Waals surface area contributed by atoms with Gasteiger partial charge < -0.3 is 19.9 Å². The molecule has 0 spiro atoms. The van der Waals surface area contributed by atoms with Gasteiger partial charge >= 0.3 is 0 Å². The predicted octanol–water partition coefficient (Wildman–Crippen LogP) is 1.41. The third kappa shape index (κ3) is 3.19. The van der Waals surface area contributed by atoms with Crippen molar-refractivity contribution in [3.63, 3.8) is 0 Å². The van der Waals surface area contributed by atoms with E-state index in [9.17, 15) is 9.18 Å². The summed E-state index contributed by atoms with van der Waals surface area (Å²) in [6, 6.07) is 2.86. The van der Waals surface area contributed by atoms with E-state index in [1.165, 1.54) is 18.3 Å². The molecule has 2 aromatic heterocycles. The van der Waals surface area contributed by atoms with E-state index in [4.69, 9.17) is 10.5 Å². The second-order valence-electron chi connectivity index (χ2n) is 5.88. The van der Waals surface area contributed by atoms with Gasteiger partial charge in [-0.1, -0.05) is 0 Å². The van der Waals surface area contributed by atoms with E-state index >= 15 is 0 Å². The standard InChI is InChI=1S/C16H19FN4O2/c1-20-4-3-11(9-20)23-12-6-13(17)15(19-7-12)14-5-10(16(18)22)8-21(14)2/h5-8,11H,3-4,9H2,1-2H3,(H2,18,22). The summed E-state index contributed by atoms with van der Waals surface area (Å²) in [5.74, 6) is -0.639. The molecular weight excluding hydrogens is 299 g/mol. The molecule has 1 aliphatic heterocycles. The third-order valence-electron chi connectivity index (χ3n) is 4.00. The lowest BCUT2D eigenvalue weighted by atomic mass is 10.2. The molecule has 1 atom stereocenters. The Labute approximate surface area is 133 Å². The molecule has 0 aliphatic carbocycles. The first-order valence-electron chi connectivity index (χ1n) is 7.41. The Bertz CT molecular complexity index is 744. The van der Waals surface area contributed by atoms with Crippen LogP contribution >= 0.6 is 0 Å². The minimum atomic E-state index is -0.558. The number of hydrogen-bond donors (Lipinski definition) is 1. The number of pyridine rings is 1. The van der Waals surface area contributed by atoms with Crippen molar-refractivity contribution in [2.24, 2.45) is 12.8 Å². The number of likely N-dealkylation sites (N-methyl/N-ethyl adjacent to an activating group) is 1. The van der Waals surface area contributed by atoms with Gasteiger partial charge in [0.1, 0.15) is 17.5 Å². The number of likely N-dealkylation sites (tertiary alicyclic amines) is 1. The second kappa shape index (κ2) is 6.00. The maximum absolute atomic E-state index is 14.4. The Morgan fingerprint density at radius 3 is 2.78 bits per heavy atom. The molecule has 1 fully saturated rings. The topological polar surface area (TPSA) is 73.4 Å². The Kier molecular flexibility index (Phi) is 4.04. The van der Waals surface area contributed by atoms with Gasteiger partial charge in [-0.3, -0.25) is 4.79 Å². The molecule has 0 aromatic carbocycles. The summed E-state index contributed by atoms with van der Waals surface area (Å²) < 4.78 is 21.8. The fourth-order valence-electron chi connectivity index (χ4n) is 2.79. The highest BCUT2D eigenvalue weighted by Gasteiger charge is 2.22. The van der Waals surface area contributed by atoms with E-state index in [0.29, 0.717) is 17.0 Å². The van der Waals surface area contributed by atoms with Crippen molar-refractivity contribution in [1.29, 1.82) is 0 Å². The molecule has 1 aliphatic rings. The van der Waals surface area contributed by atoms with Gasteiger partial charge in [-0.2, -0.15) is 0 Å². The molecule has 0 bridgehead atoms. The Balaban J connectivity index is 1.83. The second-order valence-corrected chi connectivity index (χ2v) is 5.88. The monoisotopic (exact) mass is 318 g/mol. The number of ether oxygens (including phenoxy) is 1. The van der Waals surface area contributed by atoms with E-state index < -0.39 is 11.7 Å². The molecule has 1 unspecified atom stereocenters. The molecule has 0 radical (unpaired) electrons. The Hall–Kier alpha value is -2.41. The third-order valence-corrected chi connectivity index (χ3v) is 4.00. The van der Waals surface area contributed by atoms with Crippen LogP contribution in [0.2, 0.25) is 0 Å². The first-order chi connectivity index (χ1) is 10.9. The van der Waals surface area contributed by atoms with Crippen LogP contribution in [0.3, 0.4) is 0 Å². The van der Waals surface area contributed by atoms with Crippen LogP contribution < -0.4 is 10.5 Å².